The van der Waals surface area contributed by atoms with Gasteiger partial charge in [0.1, 0.15) is 4.90 Å². The lowest BCUT2D eigenvalue weighted by molar-refractivity contribution is 0.601. The van der Waals surface area contributed by atoms with Crippen LogP contribution in [0.15, 0.2) is 44.2 Å². The first kappa shape index (κ1) is 16.9. The second-order valence-corrected chi connectivity index (χ2v) is 8.27. The Hall–Kier alpha value is -0.470. The lowest BCUT2D eigenvalue weighted by Gasteiger charge is -2.13. The van der Waals surface area contributed by atoms with Gasteiger partial charge in [-0.25, -0.2) is 8.42 Å². The van der Waals surface area contributed by atoms with Crippen LogP contribution >= 0.6 is 55.1 Å². The van der Waals surface area contributed by atoms with Crippen molar-refractivity contribution < 1.29 is 8.42 Å². The van der Waals surface area contributed by atoms with Gasteiger partial charge in [-0.2, -0.15) is 0 Å². The van der Waals surface area contributed by atoms with Crippen LogP contribution in [0.2, 0.25) is 10.0 Å². The first-order chi connectivity index (χ1) is 9.70. The van der Waals surface area contributed by atoms with Crippen LogP contribution in [0.3, 0.4) is 0 Å². The molecule has 0 amide bonds. The zero-order valence-electron chi connectivity index (χ0n) is 10.2. The van der Waals surface area contributed by atoms with E-state index in [1.807, 2.05) is 0 Å². The van der Waals surface area contributed by atoms with Crippen molar-refractivity contribution in [2.24, 2.45) is 0 Å². The summed E-state index contributed by atoms with van der Waals surface area (Å²) in [6, 6.07) is 7.74. The van der Waals surface area contributed by atoms with E-state index in [0.29, 0.717) is 10.2 Å². The first-order valence-corrected chi connectivity index (χ1v) is 9.25. The Bertz CT molecular complexity index is 790. The summed E-state index contributed by atoms with van der Waals surface area (Å²) in [5, 5.41) is 0.221. The molecule has 112 valence electrons. The van der Waals surface area contributed by atoms with Crippen molar-refractivity contribution in [1.29, 1.82) is 0 Å². The Balaban J connectivity index is 2.51. The minimum atomic E-state index is -3.95. The monoisotopic (exact) mass is 472 g/mol. The summed E-state index contributed by atoms with van der Waals surface area (Å²) < 4.78 is 28.7. The minimum Gasteiger partial charge on any atom is -0.398 e. The van der Waals surface area contributed by atoms with Gasteiger partial charge >= 0.3 is 0 Å². The fourth-order valence-electron chi connectivity index (χ4n) is 1.64. The molecule has 0 spiro atoms. The number of nitrogens with two attached hydrogens (primary N) is 1. The molecule has 0 saturated heterocycles. The molecule has 0 aliphatic carbocycles. The highest BCUT2D eigenvalue weighted by Gasteiger charge is 2.23. The summed E-state index contributed by atoms with van der Waals surface area (Å²) in [5.74, 6) is 0. The molecular formula is C12H8Br2Cl2N2O2S. The predicted octanol–water partition coefficient (Wildman–Crippen LogP) is 4.90. The maximum Gasteiger partial charge on any atom is 0.265 e. The quantitative estimate of drug-likeness (QED) is 0.621. The van der Waals surface area contributed by atoms with E-state index >= 15 is 0 Å². The molecule has 21 heavy (non-hydrogen) atoms. The fraction of sp³-hybridized carbons (Fsp3) is 0. The van der Waals surface area contributed by atoms with Crippen LogP contribution in [-0.4, -0.2) is 8.42 Å². The molecule has 0 heterocycles. The Labute approximate surface area is 148 Å². The van der Waals surface area contributed by atoms with Gasteiger partial charge in [0.05, 0.1) is 16.4 Å². The van der Waals surface area contributed by atoms with E-state index in [2.05, 4.69) is 36.6 Å². The minimum absolute atomic E-state index is 0.0221. The summed E-state index contributed by atoms with van der Waals surface area (Å²) in [4.78, 5) is -0.208. The van der Waals surface area contributed by atoms with Crippen molar-refractivity contribution >= 4 is 76.5 Å². The van der Waals surface area contributed by atoms with Crippen LogP contribution in [0.5, 0.6) is 0 Å². The maximum absolute atomic E-state index is 12.5. The predicted molar refractivity (Wildman–Crippen MR) is 93.5 cm³/mol. The average Bonchev–Trinajstić information content (AvgIpc) is 2.31. The molecule has 2 aromatic rings. The molecule has 0 aliphatic rings. The van der Waals surface area contributed by atoms with Gasteiger partial charge in [-0.1, -0.05) is 39.1 Å². The molecule has 0 aliphatic heterocycles. The zero-order chi connectivity index (χ0) is 15.8. The van der Waals surface area contributed by atoms with E-state index in [1.165, 1.54) is 12.1 Å². The molecule has 0 saturated carbocycles. The van der Waals surface area contributed by atoms with Crippen molar-refractivity contribution in [3.8, 4) is 0 Å². The second kappa shape index (κ2) is 6.34. The number of hydrogen-bond acceptors (Lipinski definition) is 3. The van der Waals surface area contributed by atoms with Crippen LogP contribution in [0, 0.1) is 0 Å². The molecule has 0 fully saturated rings. The Morgan fingerprint density at radius 1 is 1.10 bits per heavy atom. The highest BCUT2D eigenvalue weighted by molar-refractivity contribution is 9.11. The molecule has 2 rings (SSSR count). The third kappa shape index (κ3) is 3.84. The molecule has 0 atom stereocenters. The van der Waals surface area contributed by atoms with E-state index in [9.17, 15) is 8.42 Å². The normalized spacial score (nSPS) is 11.4. The van der Waals surface area contributed by atoms with E-state index < -0.39 is 10.0 Å². The van der Waals surface area contributed by atoms with Gasteiger partial charge in [0, 0.05) is 14.0 Å². The zero-order valence-corrected chi connectivity index (χ0v) is 15.7. The van der Waals surface area contributed by atoms with Crippen LogP contribution in [0.25, 0.3) is 0 Å². The molecular weight excluding hydrogens is 467 g/mol. The third-order valence-corrected chi connectivity index (χ3v) is 5.77. The number of benzene rings is 2. The number of hydrogen-bond donors (Lipinski definition) is 2. The molecule has 2 aromatic carbocycles. The third-order valence-electron chi connectivity index (χ3n) is 2.48. The number of sulfonamides is 1. The molecule has 0 bridgehead atoms. The maximum atomic E-state index is 12.5. The van der Waals surface area contributed by atoms with Crippen molar-refractivity contribution in [2.75, 3.05) is 10.5 Å². The largest absolute Gasteiger partial charge is 0.398 e. The van der Waals surface area contributed by atoms with Crippen molar-refractivity contribution in [3.05, 3.63) is 49.3 Å². The Morgan fingerprint density at radius 2 is 1.76 bits per heavy atom. The summed E-state index contributed by atoms with van der Waals surface area (Å²) in [6.45, 7) is 0. The van der Waals surface area contributed by atoms with Crippen LogP contribution in [-0.2, 0) is 10.0 Å². The Kier molecular flexibility index (Phi) is 5.10. The molecule has 0 aromatic heterocycles. The van der Waals surface area contributed by atoms with Gasteiger partial charge in [-0.05, 0) is 46.3 Å². The van der Waals surface area contributed by atoms with E-state index in [0.717, 1.165) is 4.47 Å². The van der Waals surface area contributed by atoms with Gasteiger partial charge < -0.3 is 5.73 Å². The molecule has 0 unspecified atom stereocenters. The van der Waals surface area contributed by atoms with Crippen LogP contribution in [0.4, 0.5) is 11.4 Å². The van der Waals surface area contributed by atoms with E-state index in [4.69, 9.17) is 28.9 Å². The highest BCUT2D eigenvalue weighted by atomic mass is 79.9. The topological polar surface area (TPSA) is 72.2 Å². The lowest BCUT2D eigenvalue weighted by Crippen LogP contribution is -2.15. The Morgan fingerprint density at radius 3 is 2.38 bits per heavy atom. The SMILES string of the molecule is Nc1cc(Cl)cc(Cl)c1S(=O)(=O)Nc1cc(Br)ccc1Br. The van der Waals surface area contributed by atoms with Gasteiger partial charge in [0.15, 0.2) is 0 Å². The highest BCUT2D eigenvalue weighted by Crippen LogP contribution is 2.34. The number of nitrogens with one attached hydrogen (secondary N) is 1. The molecule has 4 nitrogen and oxygen atoms in total. The summed E-state index contributed by atoms with van der Waals surface area (Å²) >= 11 is 18.3. The van der Waals surface area contributed by atoms with Gasteiger partial charge in [0.2, 0.25) is 0 Å². The van der Waals surface area contributed by atoms with Crippen LogP contribution in [0.1, 0.15) is 0 Å². The molecule has 0 radical (unpaired) electrons. The van der Waals surface area contributed by atoms with Gasteiger partial charge in [-0.15, -0.1) is 0 Å². The van der Waals surface area contributed by atoms with Gasteiger partial charge in [-0.3, -0.25) is 4.72 Å². The lowest BCUT2D eigenvalue weighted by atomic mass is 10.3. The summed E-state index contributed by atoms with van der Waals surface area (Å²) in [5.41, 5.74) is 6.06. The van der Waals surface area contributed by atoms with Gasteiger partial charge in [0.25, 0.3) is 10.0 Å². The number of rotatable bonds is 3. The smallest absolute Gasteiger partial charge is 0.265 e. The molecule has 3 N–H and O–H groups in total. The standard InChI is InChI=1S/C12H8Br2Cl2N2O2S/c13-6-1-2-8(14)11(3-6)18-21(19,20)12-9(16)4-7(15)5-10(12)17/h1-5,18H,17H2. The first-order valence-electron chi connectivity index (χ1n) is 5.43. The van der Waals surface area contributed by atoms with Crippen molar-refractivity contribution in [3.63, 3.8) is 0 Å². The summed E-state index contributed by atoms with van der Waals surface area (Å²) in [7, 11) is -3.95. The second-order valence-electron chi connectivity index (χ2n) is 4.04. The molecule has 9 heteroatoms. The van der Waals surface area contributed by atoms with E-state index in [1.54, 1.807) is 18.2 Å². The number of halogens is 4. The van der Waals surface area contributed by atoms with Crippen molar-refractivity contribution in [1.82, 2.24) is 0 Å². The fourth-order valence-corrected chi connectivity index (χ4v) is 4.53. The van der Waals surface area contributed by atoms with E-state index in [-0.39, 0.29) is 20.6 Å². The number of nitrogen functional groups attached to an aromatic ring is 1. The summed E-state index contributed by atoms with van der Waals surface area (Å²) in [6.07, 6.45) is 0. The average molecular weight is 475 g/mol. The van der Waals surface area contributed by atoms with Crippen LogP contribution < -0.4 is 10.5 Å². The van der Waals surface area contributed by atoms with Crippen molar-refractivity contribution in [2.45, 2.75) is 4.90 Å². The number of anilines is 2.